The smallest absolute Gasteiger partial charge is 0.270 e. The highest BCUT2D eigenvalue weighted by Gasteiger charge is 2.44. The second-order valence-electron chi connectivity index (χ2n) is 7.23. The van der Waals surface area contributed by atoms with E-state index in [0.717, 1.165) is 5.56 Å². The molecule has 0 spiro atoms. The molecule has 3 rings (SSSR count). The second kappa shape index (κ2) is 7.93. The van der Waals surface area contributed by atoms with Gasteiger partial charge in [0.1, 0.15) is 5.25 Å². The fourth-order valence-electron chi connectivity index (χ4n) is 2.81. The van der Waals surface area contributed by atoms with E-state index >= 15 is 0 Å². The molecule has 1 amide bonds. The Hall–Kier alpha value is -3.00. The Labute approximate surface area is 167 Å². The van der Waals surface area contributed by atoms with Crippen molar-refractivity contribution in [1.29, 1.82) is 0 Å². The zero-order valence-electron chi connectivity index (χ0n) is 15.8. The van der Waals surface area contributed by atoms with Gasteiger partial charge in [0.2, 0.25) is 5.91 Å². The lowest BCUT2D eigenvalue weighted by atomic mass is 10.0. The summed E-state index contributed by atoms with van der Waals surface area (Å²) in [6.07, 6.45) is 1.45. The lowest BCUT2D eigenvalue weighted by Gasteiger charge is -2.30. The number of benzene rings is 2. The summed E-state index contributed by atoms with van der Waals surface area (Å²) in [6.45, 7) is 5.83. The Kier molecular flexibility index (Phi) is 5.60. The molecule has 2 aromatic rings. The average molecular weight is 396 g/mol. The van der Waals surface area contributed by atoms with E-state index in [9.17, 15) is 14.9 Å². The molecule has 0 N–H and O–H groups in total. The number of amides is 1. The van der Waals surface area contributed by atoms with Crippen LogP contribution in [0.1, 0.15) is 37.1 Å². The molecule has 1 saturated heterocycles. The van der Waals surface area contributed by atoms with Crippen molar-refractivity contribution in [2.75, 3.05) is 0 Å². The van der Waals surface area contributed by atoms with Crippen molar-refractivity contribution in [3.8, 4) is 0 Å². The Morgan fingerprint density at radius 2 is 1.86 bits per heavy atom. The second-order valence-corrected chi connectivity index (χ2v) is 8.30. The maximum Gasteiger partial charge on any atom is 0.270 e. The van der Waals surface area contributed by atoms with Gasteiger partial charge in [-0.2, -0.15) is 5.10 Å². The van der Waals surface area contributed by atoms with Gasteiger partial charge < -0.3 is 0 Å². The molecule has 0 aliphatic carbocycles. The van der Waals surface area contributed by atoms with E-state index in [1.165, 1.54) is 30.1 Å². The minimum Gasteiger partial charge on any atom is -0.283 e. The Balaban J connectivity index is 1.89. The number of nitro benzene ring substituents is 1. The molecule has 2 aromatic carbocycles. The van der Waals surface area contributed by atoms with E-state index in [1.807, 2.05) is 51.1 Å². The predicted octanol–water partition coefficient (Wildman–Crippen LogP) is 4.40. The summed E-state index contributed by atoms with van der Waals surface area (Å²) in [6, 6.07) is 15.7. The highest BCUT2D eigenvalue weighted by atomic mass is 32.2. The molecule has 28 heavy (non-hydrogen) atoms. The van der Waals surface area contributed by atoms with Crippen LogP contribution in [0, 0.1) is 10.1 Å². The van der Waals surface area contributed by atoms with Crippen LogP contribution in [0.2, 0.25) is 0 Å². The zero-order chi connectivity index (χ0) is 20.3. The van der Waals surface area contributed by atoms with E-state index in [0.29, 0.717) is 10.7 Å². The third kappa shape index (κ3) is 4.28. The first-order valence-electron chi connectivity index (χ1n) is 8.68. The number of amidine groups is 1. The fraction of sp³-hybridized carbons (Fsp3) is 0.250. The van der Waals surface area contributed by atoms with Crippen LogP contribution in [-0.4, -0.2) is 32.7 Å². The molecule has 0 radical (unpaired) electrons. The molecule has 8 heteroatoms. The third-order valence-corrected chi connectivity index (χ3v) is 5.25. The summed E-state index contributed by atoms with van der Waals surface area (Å²) in [4.78, 5) is 25.1. The molecule has 1 heterocycles. The van der Waals surface area contributed by atoms with Crippen molar-refractivity contribution in [1.82, 2.24) is 4.90 Å². The molecule has 1 unspecified atom stereocenters. The van der Waals surface area contributed by atoms with Crippen molar-refractivity contribution in [3.05, 3.63) is 75.8 Å². The van der Waals surface area contributed by atoms with Gasteiger partial charge >= 0.3 is 0 Å². The van der Waals surface area contributed by atoms with Gasteiger partial charge in [-0.15, -0.1) is 5.10 Å². The normalized spacial score (nSPS) is 19.0. The van der Waals surface area contributed by atoms with Crippen LogP contribution in [0.3, 0.4) is 0 Å². The first kappa shape index (κ1) is 19.8. The number of carbonyl (C=O) groups is 1. The highest BCUT2D eigenvalue weighted by Crippen LogP contribution is 2.42. The maximum atomic E-state index is 13.0. The largest absolute Gasteiger partial charge is 0.283 e. The zero-order valence-corrected chi connectivity index (χ0v) is 16.6. The Morgan fingerprint density at radius 3 is 2.50 bits per heavy atom. The maximum absolute atomic E-state index is 13.0. The number of thioether (sulfide) groups is 1. The van der Waals surface area contributed by atoms with Crippen molar-refractivity contribution < 1.29 is 9.72 Å². The number of carbonyl (C=O) groups excluding carboxylic acids is 1. The van der Waals surface area contributed by atoms with Crippen LogP contribution in [0.15, 0.2) is 64.8 Å². The highest BCUT2D eigenvalue weighted by molar-refractivity contribution is 8.15. The Bertz CT molecular complexity index is 951. The van der Waals surface area contributed by atoms with Crippen LogP contribution >= 0.6 is 11.8 Å². The fourth-order valence-corrected chi connectivity index (χ4v) is 4.08. The predicted molar refractivity (Wildman–Crippen MR) is 111 cm³/mol. The lowest BCUT2D eigenvalue weighted by Crippen LogP contribution is -2.45. The van der Waals surface area contributed by atoms with Crippen LogP contribution < -0.4 is 0 Å². The van der Waals surface area contributed by atoms with Crippen LogP contribution in [0.25, 0.3) is 0 Å². The molecular weight excluding hydrogens is 376 g/mol. The SMILES string of the molecule is CC(C)(C)N1C(=O)C(c2ccccc2)S/C1=N/N=C/c1cccc([N+](=O)[O-])c1. The van der Waals surface area contributed by atoms with Gasteiger partial charge in [-0.25, -0.2) is 0 Å². The average Bonchev–Trinajstić information content (AvgIpc) is 2.99. The number of nitro groups is 1. The van der Waals surface area contributed by atoms with E-state index in [1.54, 1.807) is 17.0 Å². The summed E-state index contributed by atoms with van der Waals surface area (Å²) in [5.74, 6) is -0.0343. The van der Waals surface area contributed by atoms with Gasteiger partial charge in [0.15, 0.2) is 5.17 Å². The first-order chi connectivity index (χ1) is 13.3. The minimum atomic E-state index is -0.458. The summed E-state index contributed by atoms with van der Waals surface area (Å²) >= 11 is 1.35. The lowest BCUT2D eigenvalue weighted by molar-refractivity contribution is -0.384. The molecule has 1 fully saturated rings. The quantitative estimate of drug-likeness (QED) is 0.435. The first-order valence-corrected chi connectivity index (χ1v) is 9.56. The van der Waals surface area contributed by atoms with E-state index in [2.05, 4.69) is 10.2 Å². The summed E-state index contributed by atoms with van der Waals surface area (Å²) in [5, 5.41) is 19.3. The van der Waals surface area contributed by atoms with Gasteiger partial charge in [-0.3, -0.25) is 19.8 Å². The van der Waals surface area contributed by atoms with Crippen LogP contribution in [-0.2, 0) is 4.79 Å². The van der Waals surface area contributed by atoms with Crippen molar-refractivity contribution in [2.24, 2.45) is 10.2 Å². The number of non-ortho nitro benzene ring substituents is 1. The summed E-state index contributed by atoms with van der Waals surface area (Å²) in [7, 11) is 0. The Morgan fingerprint density at radius 1 is 1.14 bits per heavy atom. The van der Waals surface area contributed by atoms with Gasteiger partial charge in [-0.1, -0.05) is 54.2 Å². The summed E-state index contributed by atoms with van der Waals surface area (Å²) < 4.78 is 0. The topological polar surface area (TPSA) is 88.2 Å². The third-order valence-electron chi connectivity index (χ3n) is 4.06. The van der Waals surface area contributed by atoms with Gasteiger partial charge in [0.05, 0.1) is 11.1 Å². The van der Waals surface area contributed by atoms with Crippen molar-refractivity contribution in [2.45, 2.75) is 31.6 Å². The van der Waals surface area contributed by atoms with Crippen LogP contribution in [0.5, 0.6) is 0 Å². The molecule has 1 aliphatic heterocycles. The minimum absolute atomic E-state index is 0.0116. The molecule has 7 nitrogen and oxygen atoms in total. The molecule has 1 atom stereocenters. The molecule has 0 bridgehead atoms. The van der Waals surface area contributed by atoms with Crippen LogP contribution in [0.4, 0.5) is 5.69 Å². The van der Waals surface area contributed by atoms with Gasteiger partial charge in [-0.05, 0) is 26.3 Å². The van der Waals surface area contributed by atoms with E-state index < -0.39 is 10.5 Å². The standard InChI is InChI=1S/C20H20N4O3S/c1-20(2,3)23-18(25)17(15-9-5-4-6-10-15)28-19(23)22-21-13-14-8-7-11-16(12-14)24(26)27/h4-13,17H,1-3H3/b21-13+,22-19+. The molecule has 0 saturated carbocycles. The molecule has 1 aliphatic rings. The monoisotopic (exact) mass is 396 g/mol. The number of rotatable bonds is 4. The van der Waals surface area contributed by atoms with Crippen molar-refractivity contribution >= 4 is 34.7 Å². The molecular formula is C20H20N4O3S. The van der Waals surface area contributed by atoms with E-state index in [-0.39, 0.29) is 16.8 Å². The molecule has 144 valence electrons. The summed E-state index contributed by atoms with van der Waals surface area (Å²) in [5.41, 5.74) is 1.02. The molecule has 0 aromatic heterocycles. The van der Waals surface area contributed by atoms with Crippen molar-refractivity contribution in [3.63, 3.8) is 0 Å². The van der Waals surface area contributed by atoms with E-state index in [4.69, 9.17) is 0 Å². The number of nitrogens with zero attached hydrogens (tertiary/aromatic N) is 4. The van der Waals surface area contributed by atoms with Gasteiger partial charge in [0.25, 0.3) is 5.69 Å². The van der Waals surface area contributed by atoms with Gasteiger partial charge in [0, 0.05) is 23.2 Å². The number of hydrogen-bond donors (Lipinski definition) is 0. The number of hydrogen-bond acceptors (Lipinski definition) is 6.